The normalized spacial score (nSPS) is 10.8. The first-order chi connectivity index (χ1) is 16.2. The molecule has 0 aliphatic carbocycles. The number of hydrogen-bond donors (Lipinski definition) is 1. The average Bonchev–Trinajstić information content (AvgIpc) is 2.84. The minimum Gasteiger partial charge on any atom is -0.360 e. The summed E-state index contributed by atoms with van der Waals surface area (Å²) in [7, 11) is 0. The molecule has 0 atom stereocenters. The standard InChI is InChI=1S/C29H24N4/c1-20(2)33-27-7-3-6-24(15-27)28-16-25(14-26-18-31-19-32-29(26)28)23-10-8-21(9-11-23)13-22-5-4-12-30-17-22/h3-12,14-19,33H,1,13H2,2H3. The zero-order valence-electron chi connectivity index (χ0n) is 18.5. The van der Waals surface area contributed by atoms with E-state index in [0.717, 1.165) is 51.0 Å². The van der Waals surface area contributed by atoms with Gasteiger partial charge in [-0.1, -0.05) is 49.0 Å². The number of anilines is 1. The van der Waals surface area contributed by atoms with Crippen molar-refractivity contribution < 1.29 is 0 Å². The summed E-state index contributed by atoms with van der Waals surface area (Å²) in [5, 5.41) is 4.32. The first-order valence-electron chi connectivity index (χ1n) is 10.9. The summed E-state index contributed by atoms with van der Waals surface area (Å²) in [5.41, 5.74) is 9.79. The van der Waals surface area contributed by atoms with Crippen LogP contribution in [0.1, 0.15) is 18.1 Å². The van der Waals surface area contributed by atoms with Gasteiger partial charge in [-0.3, -0.25) is 4.98 Å². The fourth-order valence-electron chi connectivity index (χ4n) is 4.06. The Labute approximate surface area is 193 Å². The number of hydrogen-bond acceptors (Lipinski definition) is 4. The number of benzene rings is 3. The average molecular weight is 429 g/mol. The SMILES string of the molecule is C=C(C)Nc1cccc(-c2cc(-c3ccc(Cc4cccnc4)cc3)cc3cncnc23)c1. The number of allylic oxidation sites excluding steroid dienone is 1. The zero-order valence-corrected chi connectivity index (χ0v) is 18.5. The second-order valence-corrected chi connectivity index (χ2v) is 8.21. The molecule has 0 aliphatic rings. The Morgan fingerprint density at radius 3 is 2.48 bits per heavy atom. The van der Waals surface area contributed by atoms with Crippen molar-refractivity contribution in [3.05, 3.63) is 121 Å². The van der Waals surface area contributed by atoms with Crippen LogP contribution in [0.4, 0.5) is 5.69 Å². The number of nitrogens with zero attached hydrogens (tertiary/aromatic N) is 3. The topological polar surface area (TPSA) is 50.7 Å². The molecule has 0 unspecified atom stereocenters. The van der Waals surface area contributed by atoms with Crippen LogP contribution in [0.5, 0.6) is 0 Å². The van der Waals surface area contributed by atoms with Crippen molar-refractivity contribution in [2.24, 2.45) is 0 Å². The molecule has 4 heteroatoms. The van der Waals surface area contributed by atoms with E-state index in [1.54, 1.807) is 12.5 Å². The predicted octanol–water partition coefficient (Wildman–Crippen LogP) is 6.90. The summed E-state index contributed by atoms with van der Waals surface area (Å²) in [4.78, 5) is 13.1. The Balaban J connectivity index is 1.54. The Bertz CT molecular complexity index is 1420. The van der Waals surface area contributed by atoms with Gasteiger partial charge in [-0.05, 0) is 71.5 Å². The third-order valence-electron chi connectivity index (χ3n) is 5.56. The van der Waals surface area contributed by atoms with Crippen molar-refractivity contribution in [2.45, 2.75) is 13.3 Å². The fraction of sp³-hybridized carbons (Fsp3) is 0.0690. The molecule has 0 radical (unpaired) electrons. The van der Waals surface area contributed by atoms with E-state index in [2.05, 4.69) is 81.4 Å². The Hall–Kier alpha value is -4.31. The molecule has 5 aromatic rings. The summed E-state index contributed by atoms with van der Waals surface area (Å²) in [6.45, 7) is 5.91. The molecule has 2 heterocycles. The molecule has 0 bridgehead atoms. The number of aromatic nitrogens is 3. The van der Waals surface area contributed by atoms with E-state index in [-0.39, 0.29) is 0 Å². The van der Waals surface area contributed by atoms with Gasteiger partial charge in [-0.25, -0.2) is 9.97 Å². The maximum Gasteiger partial charge on any atom is 0.116 e. The molecular weight excluding hydrogens is 404 g/mol. The molecule has 0 amide bonds. The molecule has 4 nitrogen and oxygen atoms in total. The molecule has 5 rings (SSSR count). The van der Waals surface area contributed by atoms with Gasteiger partial charge < -0.3 is 5.32 Å². The Morgan fingerprint density at radius 2 is 1.70 bits per heavy atom. The van der Waals surface area contributed by atoms with Gasteiger partial charge in [0.15, 0.2) is 0 Å². The summed E-state index contributed by atoms with van der Waals surface area (Å²) in [5.74, 6) is 0. The summed E-state index contributed by atoms with van der Waals surface area (Å²) in [6, 6.07) is 25.5. The Morgan fingerprint density at radius 1 is 0.818 bits per heavy atom. The van der Waals surface area contributed by atoms with Crippen LogP contribution in [0.2, 0.25) is 0 Å². The number of pyridine rings is 1. The van der Waals surface area contributed by atoms with Crippen LogP contribution in [0.15, 0.2) is 110 Å². The van der Waals surface area contributed by atoms with E-state index in [1.807, 2.05) is 37.5 Å². The van der Waals surface area contributed by atoms with E-state index < -0.39 is 0 Å². The lowest BCUT2D eigenvalue weighted by Gasteiger charge is -2.12. The predicted molar refractivity (Wildman–Crippen MR) is 136 cm³/mol. The van der Waals surface area contributed by atoms with Gasteiger partial charge >= 0.3 is 0 Å². The van der Waals surface area contributed by atoms with Gasteiger partial charge in [0, 0.05) is 40.9 Å². The van der Waals surface area contributed by atoms with E-state index in [9.17, 15) is 0 Å². The van der Waals surface area contributed by atoms with Crippen LogP contribution in [0, 0.1) is 0 Å². The minimum atomic E-state index is 0.868. The largest absolute Gasteiger partial charge is 0.360 e. The van der Waals surface area contributed by atoms with Gasteiger partial charge in [-0.2, -0.15) is 0 Å². The van der Waals surface area contributed by atoms with Gasteiger partial charge in [-0.15, -0.1) is 0 Å². The van der Waals surface area contributed by atoms with Gasteiger partial charge in [0.2, 0.25) is 0 Å². The second kappa shape index (κ2) is 9.05. The van der Waals surface area contributed by atoms with E-state index in [1.165, 1.54) is 11.1 Å². The summed E-state index contributed by atoms with van der Waals surface area (Å²) < 4.78 is 0. The minimum absolute atomic E-state index is 0.868. The van der Waals surface area contributed by atoms with Gasteiger partial charge in [0.25, 0.3) is 0 Å². The van der Waals surface area contributed by atoms with E-state index in [0.29, 0.717) is 0 Å². The maximum atomic E-state index is 4.59. The quantitative estimate of drug-likeness (QED) is 0.320. The first-order valence-corrected chi connectivity index (χ1v) is 10.9. The molecule has 0 aliphatic heterocycles. The highest BCUT2D eigenvalue weighted by Crippen LogP contribution is 2.34. The molecule has 1 N–H and O–H groups in total. The molecule has 2 aromatic heterocycles. The lowest BCUT2D eigenvalue weighted by atomic mass is 9.95. The van der Waals surface area contributed by atoms with Crippen molar-refractivity contribution in [1.82, 2.24) is 15.0 Å². The van der Waals surface area contributed by atoms with Crippen molar-refractivity contribution in [2.75, 3.05) is 5.32 Å². The number of nitrogens with one attached hydrogen (secondary N) is 1. The molecule has 0 fully saturated rings. The molecule has 0 saturated heterocycles. The number of rotatable bonds is 6. The highest BCUT2D eigenvalue weighted by Gasteiger charge is 2.10. The van der Waals surface area contributed by atoms with Crippen LogP contribution in [0.25, 0.3) is 33.2 Å². The molecule has 0 spiro atoms. The Kier molecular flexibility index (Phi) is 5.64. The third-order valence-corrected chi connectivity index (χ3v) is 5.56. The van der Waals surface area contributed by atoms with Crippen molar-refractivity contribution in [3.8, 4) is 22.3 Å². The monoisotopic (exact) mass is 428 g/mol. The van der Waals surface area contributed by atoms with Crippen LogP contribution >= 0.6 is 0 Å². The first kappa shape index (κ1) is 20.6. The highest BCUT2D eigenvalue weighted by molar-refractivity contribution is 5.97. The zero-order chi connectivity index (χ0) is 22.6. The summed E-state index contributed by atoms with van der Waals surface area (Å²) in [6.07, 6.45) is 8.07. The highest BCUT2D eigenvalue weighted by atomic mass is 14.9. The second-order valence-electron chi connectivity index (χ2n) is 8.21. The fourth-order valence-corrected chi connectivity index (χ4v) is 4.06. The smallest absolute Gasteiger partial charge is 0.116 e. The molecule has 33 heavy (non-hydrogen) atoms. The van der Waals surface area contributed by atoms with Crippen molar-refractivity contribution >= 4 is 16.6 Å². The van der Waals surface area contributed by atoms with Crippen molar-refractivity contribution in [1.29, 1.82) is 0 Å². The molecule has 3 aromatic carbocycles. The molecule has 0 saturated carbocycles. The maximum absolute atomic E-state index is 4.59. The van der Waals surface area contributed by atoms with Gasteiger partial charge in [0.1, 0.15) is 6.33 Å². The van der Waals surface area contributed by atoms with E-state index in [4.69, 9.17) is 0 Å². The van der Waals surface area contributed by atoms with Crippen LogP contribution in [-0.2, 0) is 6.42 Å². The van der Waals surface area contributed by atoms with Gasteiger partial charge in [0.05, 0.1) is 5.52 Å². The third kappa shape index (κ3) is 4.65. The summed E-state index contributed by atoms with van der Waals surface area (Å²) >= 11 is 0. The molecule has 160 valence electrons. The van der Waals surface area contributed by atoms with Crippen LogP contribution in [0.3, 0.4) is 0 Å². The van der Waals surface area contributed by atoms with Crippen LogP contribution in [-0.4, -0.2) is 15.0 Å². The van der Waals surface area contributed by atoms with Crippen LogP contribution < -0.4 is 5.32 Å². The molecular formula is C29H24N4. The number of fused-ring (bicyclic) bond motifs is 1. The lowest BCUT2D eigenvalue weighted by molar-refractivity contribution is 1.15. The lowest BCUT2D eigenvalue weighted by Crippen LogP contribution is -1.94. The van der Waals surface area contributed by atoms with E-state index >= 15 is 0 Å². The van der Waals surface area contributed by atoms with Crippen molar-refractivity contribution in [3.63, 3.8) is 0 Å².